The van der Waals surface area contributed by atoms with Crippen molar-refractivity contribution in [3.05, 3.63) is 42.1 Å². The molecule has 2 N–H and O–H groups in total. The maximum Gasteiger partial charge on any atom is 0.405 e. The van der Waals surface area contributed by atoms with Gasteiger partial charge < -0.3 is 15.2 Å². The van der Waals surface area contributed by atoms with Gasteiger partial charge in [-0.15, -0.1) is 0 Å². The van der Waals surface area contributed by atoms with Crippen LogP contribution in [0.5, 0.6) is 5.75 Å². The predicted octanol–water partition coefficient (Wildman–Crippen LogP) is 3.87. The molecule has 0 unspecified atom stereocenters. The van der Waals surface area contributed by atoms with E-state index in [2.05, 4.69) is 9.97 Å². The molecule has 2 aromatic rings. The summed E-state index contributed by atoms with van der Waals surface area (Å²) in [6.45, 7) is 7.46. The molecule has 0 aliphatic carbocycles. The monoisotopic (exact) mass is 361 g/mol. The number of halogens is 1. The van der Waals surface area contributed by atoms with Gasteiger partial charge in [0.2, 0.25) is 0 Å². The molecule has 140 valence electrons. The summed E-state index contributed by atoms with van der Waals surface area (Å²) in [7, 11) is 0. The van der Waals surface area contributed by atoms with E-state index in [9.17, 15) is 9.18 Å². The quantitative estimate of drug-likeness (QED) is 0.809. The van der Waals surface area contributed by atoms with Crippen LogP contribution in [0.15, 0.2) is 30.5 Å². The van der Waals surface area contributed by atoms with Crippen LogP contribution >= 0.6 is 0 Å². The number of benzene rings is 1. The van der Waals surface area contributed by atoms with E-state index in [4.69, 9.17) is 15.2 Å². The molecule has 26 heavy (non-hydrogen) atoms. The zero-order valence-electron chi connectivity index (χ0n) is 15.5. The first-order valence-electron chi connectivity index (χ1n) is 8.39. The van der Waals surface area contributed by atoms with Crippen molar-refractivity contribution in [3.8, 4) is 17.0 Å². The zero-order valence-corrected chi connectivity index (χ0v) is 15.5. The normalized spacial score (nSPS) is 13.3. The second-order valence-corrected chi connectivity index (χ2v) is 6.89. The second kappa shape index (κ2) is 8.12. The average molecular weight is 361 g/mol. The van der Waals surface area contributed by atoms with Crippen molar-refractivity contribution in [2.75, 3.05) is 6.61 Å². The molecule has 2 rings (SSSR count). The fourth-order valence-electron chi connectivity index (χ4n) is 2.86. The molecule has 0 aliphatic heterocycles. The molecule has 0 aliphatic rings. The summed E-state index contributed by atoms with van der Waals surface area (Å²) in [5.74, 6) is 0.403. The van der Waals surface area contributed by atoms with Gasteiger partial charge in [-0.25, -0.2) is 19.2 Å². The summed E-state index contributed by atoms with van der Waals surface area (Å²) in [5, 5.41) is 0. The van der Waals surface area contributed by atoms with Crippen LogP contribution in [-0.2, 0) is 4.74 Å². The third-order valence-electron chi connectivity index (χ3n) is 3.72. The number of amides is 1. The minimum Gasteiger partial charge on any atom is -0.486 e. The number of primary amides is 1. The molecule has 6 nitrogen and oxygen atoms in total. The summed E-state index contributed by atoms with van der Waals surface area (Å²) < 4.78 is 25.2. The lowest BCUT2D eigenvalue weighted by molar-refractivity contribution is -0.0193. The first kappa shape index (κ1) is 19.6. The highest BCUT2D eigenvalue weighted by Gasteiger charge is 2.30. The van der Waals surface area contributed by atoms with Gasteiger partial charge in [-0.3, -0.25) is 0 Å². The van der Waals surface area contributed by atoms with E-state index >= 15 is 0 Å². The number of rotatable bonds is 7. The van der Waals surface area contributed by atoms with E-state index in [1.165, 1.54) is 12.1 Å². The van der Waals surface area contributed by atoms with Crippen LogP contribution in [0.1, 0.15) is 33.0 Å². The smallest absolute Gasteiger partial charge is 0.405 e. The van der Waals surface area contributed by atoms with E-state index in [1.54, 1.807) is 32.2 Å². The largest absolute Gasteiger partial charge is 0.486 e. The van der Waals surface area contributed by atoms with E-state index < -0.39 is 17.5 Å². The maximum atomic E-state index is 14.4. The van der Waals surface area contributed by atoms with Crippen LogP contribution in [0.2, 0.25) is 0 Å². The third kappa shape index (κ3) is 5.40. The van der Waals surface area contributed by atoms with E-state index in [1.807, 2.05) is 13.8 Å². The summed E-state index contributed by atoms with van der Waals surface area (Å²) in [4.78, 5) is 19.5. The van der Waals surface area contributed by atoms with Gasteiger partial charge in [0, 0.05) is 11.8 Å². The number of aromatic nitrogens is 2. The molecule has 1 aromatic heterocycles. The maximum absolute atomic E-state index is 14.4. The number of carbonyl (C=O) groups is 1. The van der Waals surface area contributed by atoms with Gasteiger partial charge in [0.15, 0.2) is 11.6 Å². The Morgan fingerprint density at radius 1 is 1.35 bits per heavy atom. The number of nitrogens with zero attached hydrogens (tertiary/aromatic N) is 2. The highest BCUT2D eigenvalue weighted by molar-refractivity contribution is 5.65. The Morgan fingerprint density at radius 3 is 2.65 bits per heavy atom. The Balaban J connectivity index is 2.15. The lowest BCUT2D eigenvalue weighted by Gasteiger charge is -2.30. The fraction of sp³-hybridized carbons (Fsp3) is 0.421. The number of carbonyl (C=O) groups excluding carboxylic acids is 1. The predicted molar refractivity (Wildman–Crippen MR) is 96.2 cm³/mol. The standard InChI is InChI=1S/C19H24FN3O3/c1-12(2)10-19(4,26-18(21)24)11-25-17-6-5-14(9-15(17)20)16-7-8-22-13(3)23-16/h5-9,12H,10-11H2,1-4H3,(H2,21,24)/t19-/m0/s1. The first-order valence-corrected chi connectivity index (χ1v) is 8.39. The van der Waals surface area contributed by atoms with Gasteiger partial charge >= 0.3 is 6.09 Å². The molecule has 1 aromatic carbocycles. The van der Waals surface area contributed by atoms with Crippen molar-refractivity contribution in [1.29, 1.82) is 0 Å². The van der Waals surface area contributed by atoms with Gasteiger partial charge in [0.1, 0.15) is 18.0 Å². The first-order chi connectivity index (χ1) is 12.2. The lowest BCUT2D eigenvalue weighted by atomic mass is 9.95. The molecule has 0 spiro atoms. The Kier molecular flexibility index (Phi) is 6.13. The summed E-state index contributed by atoms with van der Waals surface area (Å²) in [5.41, 5.74) is 5.46. The molecule has 0 fully saturated rings. The Hall–Kier alpha value is -2.70. The number of nitrogens with two attached hydrogens (primary N) is 1. The van der Waals surface area contributed by atoms with Crippen molar-refractivity contribution in [2.45, 2.75) is 39.7 Å². The highest BCUT2D eigenvalue weighted by atomic mass is 19.1. The zero-order chi connectivity index (χ0) is 19.3. The molecule has 7 heteroatoms. The molecule has 1 heterocycles. The van der Waals surface area contributed by atoms with Crippen molar-refractivity contribution in [2.24, 2.45) is 11.7 Å². The summed E-state index contributed by atoms with van der Waals surface area (Å²) >= 11 is 0. The average Bonchev–Trinajstić information content (AvgIpc) is 2.52. The summed E-state index contributed by atoms with van der Waals surface area (Å²) in [6.07, 6.45) is 1.28. The fourth-order valence-corrected chi connectivity index (χ4v) is 2.86. The molecular weight excluding hydrogens is 337 g/mol. The van der Waals surface area contributed by atoms with Crippen LogP contribution in [0.3, 0.4) is 0 Å². The highest BCUT2D eigenvalue weighted by Crippen LogP contribution is 2.27. The number of aryl methyl sites for hydroxylation is 1. The van der Waals surface area contributed by atoms with Crippen LogP contribution in [0.4, 0.5) is 9.18 Å². The van der Waals surface area contributed by atoms with Crippen molar-refractivity contribution in [1.82, 2.24) is 9.97 Å². The Labute approximate surface area is 152 Å². The molecule has 0 radical (unpaired) electrons. The summed E-state index contributed by atoms with van der Waals surface area (Å²) in [6, 6.07) is 6.31. The minimum absolute atomic E-state index is 0.00297. The van der Waals surface area contributed by atoms with Crippen molar-refractivity contribution < 1.29 is 18.7 Å². The van der Waals surface area contributed by atoms with Gasteiger partial charge in [-0.1, -0.05) is 13.8 Å². The Bertz CT molecular complexity index is 782. The molecule has 0 saturated heterocycles. The SMILES string of the molecule is Cc1nccc(-c2ccc(OC[C@](C)(CC(C)C)OC(N)=O)c(F)c2)n1. The van der Waals surface area contributed by atoms with Crippen molar-refractivity contribution >= 4 is 6.09 Å². The molecule has 1 atom stereocenters. The van der Waals surface area contributed by atoms with Crippen LogP contribution in [0.25, 0.3) is 11.3 Å². The molecule has 1 amide bonds. The minimum atomic E-state index is -0.936. The topological polar surface area (TPSA) is 87.3 Å². The molecule has 0 saturated carbocycles. The van der Waals surface area contributed by atoms with E-state index in [0.29, 0.717) is 23.5 Å². The number of hydrogen-bond acceptors (Lipinski definition) is 5. The van der Waals surface area contributed by atoms with Crippen LogP contribution in [0, 0.1) is 18.7 Å². The van der Waals surface area contributed by atoms with Crippen LogP contribution < -0.4 is 10.5 Å². The number of ether oxygens (including phenoxy) is 2. The van der Waals surface area contributed by atoms with Gasteiger partial charge in [-0.05, 0) is 50.5 Å². The number of hydrogen-bond donors (Lipinski definition) is 1. The second-order valence-electron chi connectivity index (χ2n) is 6.89. The van der Waals surface area contributed by atoms with Gasteiger partial charge in [-0.2, -0.15) is 0 Å². The third-order valence-corrected chi connectivity index (χ3v) is 3.72. The van der Waals surface area contributed by atoms with Gasteiger partial charge in [0.05, 0.1) is 5.69 Å². The van der Waals surface area contributed by atoms with E-state index in [-0.39, 0.29) is 18.3 Å². The molecule has 0 bridgehead atoms. The van der Waals surface area contributed by atoms with Crippen molar-refractivity contribution in [3.63, 3.8) is 0 Å². The molecular formula is C19H24FN3O3. The van der Waals surface area contributed by atoms with Crippen LogP contribution in [-0.4, -0.2) is 28.3 Å². The van der Waals surface area contributed by atoms with E-state index in [0.717, 1.165) is 0 Å². The lowest BCUT2D eigenvalue weighted by Crippen LogP contribution is -2.41. The van der Waals surface area contributed by atoms with Gasteiger partial charge in [0.25, 0.3) is 0 Å². The Morgan fingerprint density at radius 2 is 2.08 bits per heavy atom.